The van der Waals surface area contributed by atoms with Crippen LogP contribution in [0.15, 0.2) is 36.4 Å². The number of nitrogens with one attached hydrogen (secondary N) is 1. The molecule has 1 amide bonds. The molecule has 0 fully saturated rings. The minimum absolute atomic E-state index is 0.132. The Kier molecular flexibility index (Phi) is 4.80. The van der Waals surface area contributed by atoms with Crippen molar-refractivity contribution in [2.45, 2.75) is 6.92 Å². The van der Waals surface area contributed by atoms with Gasteiger partial charge in [-0.05, 0) is 36.8 Å². The van der Waals surface area contributed by atoms with E-state index >= 15 is 0 Å². The molecule has 2 aromatic carbocycles. The Hall–Kier alpha value is -3.09. The predicted octanol–water partition coefficient (Wildman–Crippen LogP) is 3.17. The fraction of sp³-hybridized carbons (Fsp3) is 0.188. The van der Waals surface area contributed by atoms with E-state index in [1.165, 1.54) is 25.3 Å². The smallest absolute Gasteiger partial charge is 0.271 e. The summed E-state index contributed by atoms with van der Waals surface area (Å²) in [4.78, 5) is 22.7. The molecule has 120 valence electrons. The highest BCUT2D eigenvalue weighted by atomic mass is 16.6. The molecule has 0 aliphatic rings. The third-order valence-corrected chi connectivity index (χ3v) is 3.30. The fourth-order valence-electron chi connectivity index (χ4n) is 2.12. The highest BCUT2D eigenvalue weighted by Gasteiger charge is 2.15. The Morgan fingerprint density at radius 1 is 1.09 bits per heavy atom. The van der Waals surface area contributed by atoms with Crippen LogP contribution in [0.25, 0.3) is 0 Å². The van der Waals surface area contributed by atoms with Crippen molar-refractivity contribution in [2.24, 2.45) is 0 Å². The van der Waals surface area contributed by atoms with E-state index < -0.39 is 10.8 Å². The second-order valence-corrected chi connectivity index (χ2v) is 4.78. The third-order valence-electron chi connectivity index (χ3n) is 3.30. The Bertz CT molecular complexity index is 758. The van der Waals surface area contributed by atoms with Gasteiger partial charge in [0.25, 0.3) is 11.6 Å². The number of methoxy groups -OCH3 is 2. The maximum atomic E-state index is 12.3. The van der Waals surface area contributed by atoms with Gasteiger partial charge in [-0.1, -0.05) is 0 Å². The molecule has 2 rings (SSSR count). The van der Waals surface area contributed by atoms with Gasteiger partial charge in [0.15, 0.2) is 0 Å². The SMILES string of the molecule is COc1ccc(C(=O)Nc2cc([N+](=O)[O-])ccc2OC)cc1C. The number of ether oxygens (including phenoxy) is 2. The number of benzene rings is 2. The third kappa shape index (κ3) is 3.57. The summed E-state index contributed by atoms with van der Waals surface area (Å²) in [7, 11) is 2.98. The Morgan fingerprint density at radius 2 is 1.74 bits per heavy atom. The van der Waals surface area contributed by atoms with E-state index in [2.05, 4.69) is 5.32 Å². The summed E-state index contributed by atoms with van der Waals surface area (Å²) in [5.41, 5.74) is 1.33. The number of hydrogen-bond acceptors (Lipinski definition) is 5. The fourth-order valence-corrected chi connectivity index (χ4v) is 2.12. The molecule has 0 heterocycles. The van der Waals surface area contributed by atoms with Crippen molar-refractivity contribution in [3.05, 3.63) is 57.6 Å². The number of rotatable bonds is 5. The molecular weight excluding hydrogens is 300 g/mol. The number of nitrogens with zero attached hydrogens (tertiary/aromatic N) is 1. The van der Waals surface area contributed by atoms with Gasteiger partial charge >= 0.3 is 0 Å². The van der Waals surface area contributed by atoms with Gasteiger partial charge in [-0.25, -0.2) is 0 Å². The first kappa shape index (κ1) is 16.3. The average molecular weight is 316 g/mol. The summed E-state index contributed by atoms with van der Waals surface area (Å²) in [6, 6.07) is 8.99. The molecule has 23 heavy (non-hydrogen) atoms. The van der Waals surface area contributed by atoms with E-state index in [0.29, 0.717) is 17.1 Å². The van der Waals surface area contributed by atoms with Crippen molar-refractivity contribution in [3.8, 4) is 11.5 Å². The van der Waals surface area contributed by atoms with E-state index in [4.69, 9.17) is 9.47 Å². The van der Waals surface area contributed by atoms with E-state index in [0.717, 1.165) is 5.56 Å². The summed E-state index contributed by atoms with van der Waals surface area (Å²) in [6.45, 7) is 1.82. The average Bonchev–Trinajstić information content (AvgIpc) is 2.54. The topological polar surface area (TPSA) is 90.7 Å². The Morgan fingerprint density at radius 3 is 2.30 bits per heavy atom. The van der Waals surface area contributed by atoms with Crippen LogP contribution in [-0.4, -0.2) is 25.1 Å². The zero-order chi connectivity index (χ0) is 17.0. The number of hydrogen-bond donors (Lipinski definition) is 1. The lowest BCUT2D eigenvalue weighted by Crippen LogP contribution is -2.13. The zero-order valence-electron chi connectivity index (χ0n) is 13.0. The first-order valence-electron chi connectivity index (χ1n) is 6.74. The van der Waals surface area contributed by atoms with Gasteiger partial charge in [0.1, 0.15) is 11.5 Å². The van der Waals surface area contributed by atoms with Crippen LogP contribution in [-0.2, 0) is 0 Å². The molecule has 0 saturated heterocycles. The van der Waals surface area contributed by atoms with E-state index in [9.17, 15) is 14.9 Å². The lowest BCUT2D eigenvalue weighted by Gasteiger charge is -2.11. The molecule has 0 unspecified atom stereocenters. The van der Waals surface area contributed by atoms with Crippen LogP contribution in [0.4, 0.5) is 11.4 Å². The van der Waals surface area contributed by atoms with Gasteiger partial charge < -0.3 is 14.8 Å². The van der Waals surface area contributed by atoms with E-state index in [1.807, 2.05) is 6.92 Å². The van der Waals surface area contributed by atoms with Gasteiger partial charge in [-0.15, -0.1) is 0 Å². The minimum Gasteiger partial charge on any atom is -0.496 e. The second-order valence-electron chi connectivity index (χ2n) is 4.78. The molecule has 0 bridgehead atoms. The van der Waals surface area contributed by atoms with Gasteiger partial charge in [-0.3, -0.25) is 14.9 Å². The van der Waals surface area contributed by atoms with Crippen molar-refractivity contribution in [3.63, 3.8) is 0 Å². The van der Waals surface area contributed by atoms with Gasteiger partial charge in [0.2, 0.25) is 0 Å². The van der Waals surface area contributed by atoms with Crippen molar-refractivity contribution in [1.29, 1.82) is 0 Å². The van der Waals surface area contributed by atoms with Crippen molar-refractivity contribution in [2.75, 3.05) is 19.5 Å². The minimum atomic E-state index is -0.535. The van der Waals surface area contributed by atoms with E-state index in [-0.39, 0.29) is 11.4 Å². The summed E-state index contributed by atoms with van der Waals surface area (Å²) in [6.07, 6.45) is 0. The number of carbonyl (C=O) groups excluding carboxylic acids is 1. The lowest BCUT2D eigenvalue weighted by atomic mass is 10.1. The van der Waals surface area contributed by atoms with Gasteiger partial charge in [0.05, 0.1) is 24.8 Å². The maximum absolute atomic E-state index is 12.3. The molecule has 2 aromatic rings. The number of carbonyl (C=O) groups is 1. The first-order chi connectivity index (χ1) is 11.0. The van der Waals surface area contributed by atoms with Crippen LogP contribution in [0, 0.1) is 17.0 Å². The predicted molar refractivity (Wildman–Crippen MR) is 85.3 cm³/mol. The monoisotopic (exact) mass is 316 g/mol. The molecule has 0 spiro atoms. The number of anilines is 1. The summed E-state index contributed by atoms with van der Waals surface area (Å²) >= 11 is 0. The van der Waals surface area contributed by atoms with Crippen LogP contribution in [0.1, 0.15) is 15.9 Å². The van der Waals surface area contributed by atoms with Crippen LogP contribution in [0.2, 0.25) is 0 Å². The molecule has 0 saturated carbocycles. The summed E-state index contributed by atoms with van der Waals surface area (Å²) in [5.74, 6) is 0.623. The number of non-ortho nitro benzene ring substituents is 1. The molecule has 7 heteroatoms. The summed E-state index contributed by atoms with van der Waals surface area (Å²) < 4.78 is 10.3. The highest BCUT2D eigenvalue weighted by Crippen LogP contribution is 2.29. The highest BCUT2D eigenvalue weighted by molar-refractivity contribution is 6.05. The van der Waals surface area contributed by atoms with Gasteiger partial charge in [-0.2, -0.15) is 0 Å². The molecule has 0 aliphatic heterocycles. The van der Waals surface area contributed by atoms with Gasteiger partial charge in [0, 0.05) is 17.7 Å². The van der Waals surface area contributed by atoms with Crippen molar-refractivity contribution < 1.29 is 19.2 Å². The molecule has 7 nitrogen and oxygen atoms in total. The first-order valence-corrected chi connectivity index (χ1v) is 6.74. The van der Waals surface area contributed by atoms with Crippen molar-refractivity contribution in [1.82, 2.24) is 0 Å². The molecule has 0 aliphatic carbocycles. The normalized spacial score (nSPS) is 10.0. The zero-order valence-corrected chi connectivity index (χ0v) is 13.0. The molecule has 0 atom stereocenters. The number of amides is 1. The lowest BCUT2D eigenvalue weighted by molar-refractivity contribution is -0.384. The molecule has 0 aromatic heterocycles. The van der Waals surface area contributed by atoms with Crippen LogP contribution < -0.4 is 14.8 Å². The quantitative estimate of drug-likeness (QED) is 0.676. The second kappa shape index (κ2) is 6.78. The molecule has 0 radical (unpaired) electrons. The van der Waals surface area contributed by atoms with Crippen LogP contribution >= 0.6 is 0 Å². The largest absolute Gasteiger partial charge is 0.496 e. The Balaban J connectivity index is 2.30. The van der Waals surface area contributed by atoms with Crippen LogP contribution in [0.3, 0.4) is 0 Å². The molecule has 1 N–H and O–H groups in total. The summed E-state index contributed by atoms with van der Waals surface area (Å²) in [5, 5.41) is 13.5. The molecular formula is C16H16N2O5. The van der Waals surface area contributed by atoms with Crippen molar-refractivity contribution >= 4 is 17.3 Å². The Labute approximate surface area is 133 Å². The van der Waals surface area contributed by atoms with E-state index in [1.54, 1.807) is 25.3 Å². The maximum Gasteiger partial charge on any atom is 0.271 e. The number of nitro benzene ring substituents is 1. The standard InChI is InChI=1S/C16H16N2O5/c1-10-8-11(4-6-14(10)22-2)16(19)17-13-9-12(18(20)21)5-7-15(13)23-3/h4-9H,1-3H3,(H,17,19). The van der Waals surface area contributed by atoms with Crippen LogP contribution in [0.5, 0.6) is 11.5 Å². The number of aryl methyl sites for hydroxylation is 1. The number of nitro groups is 1.